The van der Waals surface area contributed by atoms with Gasteiger partial charge in [-0.2, -0.15) is 4.98 Å². The van der Waals surface area contributed by atoms with E-state index >= 15 is 0 Å². The van der Waals surface area contributed by atoms with Gasteiger partial charge in [0.25, 0.3) is 11.6 Å². The molecule has 1 aromatic heterocycles. The van der Waals surface area contributed by atoms with E-state index in [2.05, 4.69) is 10.1 Å². The molecule has 2 aromatic rings. The standard InChI is InChI=1S/C10H8FN3O4/c1-5(15)9-12-10(18-13-9)6-2-7(11)4-8(3-6)14(16)17/h2-5,15H,1H3. The predicted octanol–water partition coefficient (Wildman–Crippen LogP) is 1.84. The highest BCUT2D eigenvalue weighted by molar-refractivity contribution is 5.57. The van der Waals surface area contributed by atoms with Gasteiger partial charge in [0, 0.05) is 11.6 Å². The number of rotatable bonds is 3. The molecule has 0 bridgehead atoms. The fourth-order valence-electron chi connectivity index (χ4n) is 1.32. The molecule has 1 aromatic carbocycles. The second-order valence-corrected chi connectivity index (χ2v) is 3.59. The van der Waals surface area contributed by atoms with Crippen molar-refractivity contribution < 1.29 is 18.9 Å². The topological polar surface area (TPSA) is 102 Å². The quantitative estimate of drug-likeness (QED) is 0.661. The summed E-state index contributed by atoms with van der Waals surface area (Å²) in [6, 6.07) is 2.93. The lowest BCUT2D eigenvalue weighted by molar-refractivity contribution is -0.385. The van der Waals surface area contributed by atoms with E-state index in [1.165, 1.54) is 6.92 Å². The van der Waals surface area contributed by atoms with Crippen molar-refractivity contribution in [1.29, 1.82) is 0 Å². The molecule has 0 aliphatic heterocycles. The minimum absolute atomic E-state index is 0.0249. The first-order valence-corrected chi connectivity index (χ1v) is 4.94. The van der Waals surface area contributed by atoms with Crippen LogP contribution in [0.15, 0.2) is 22.7 Å². The van der Waals surface area contributed by atoms with E-state index in [0.717, 1.165) is 18.2 Å². The largest absolute Gasteiger partial charge is 0.385 e. The van der Waals surface area contributed by atoms with Crippen LogP contribution in [-0.2, 0) is 0 Å². The van der Waals surface area contributed by atoms with Crippen LogP contribution in [0.2, 0.25) is 0 Å². The van der Waals surface area contributed by atoms with Crippen LogP contribution in [0.3, 0.4) is 0 Å². The SMILES string of the molecule is CC(O)c1noc(-c2cc(F)cc([N+](=O)[O-])c2)n1. The lowest BCUT2D eigenvalue weighted by Gasteiger charge is -1.96. The number of aliphatic hydroxyl groups is 1. The summed E-state index contributed by atoms with van der Waals surface area (Å²) in [5.41, 5.74) is -0.331. The first-order valence-electron chi connectivity index (χ1n) is 4.94. The molecule has 2 rings (SSSR count). The van der Waals surface area contributed by atoms with Crippen LogP contribution >= 0.6 is 0 Å². The third kappa shape index (κ3) is 2.33. The molecule has 1 atom stereocenters. The maximum Gasteiger partial charge on any atom is 0.273 e. The monoisotopic (exact) mass is 253 g/mol. The molecule has 94 valence electrons. The Morgan fingerprint density at radius 1 is 1.50 bits per heavy atom. The molecule has 0 radical (unpaired) electrons. The van der Waals surface area contributed by atoms with E-state index in [0.29, 0.717) is 0 Å². The van der Waals surface area contributed by atoms with E-state index in [1.54, 1.807) is 0 Å². The number of halogens is 1. The predicted molar refractivity (Wildman–Crippen MR) is 57.0 cm³/mol. The molecule has 1 unspecified atom stereocenters. The van der Waals surface area contributed by atoms with E-state index in [1.807, 2.05) is 0 Å². The smallest absolute Gasteiger partial charge is 0.273 e. The molecule has 0 amide bonds. The number of hydrogen-bond acceptors (Lipinski definition) is 6. The molecule has 0 saturated heterocycles. The average Bonchev–Trinajstić information content (AvgIpc) is 2.77. The Morgan fingerprint density at radius 2 is 2.22 bits per heavy atom. The minimum Gasteiger partial charge on any atom is -0.385 e. The second kappa shape index (κ2) is 4.49. The van der Waals surface area contributed by atoms with Crippen molar-refractivity contribution in [3.8, 4) is 11.5 Å². The average molecular weight is 253 g/mol. The number of hydrogen-bond donors (Lipinski definition) is 1. The Balaban J connectivity index is 2.46. The van der Waals surface area contributed by atoms with Crippen LogP contribution in [0.1, 0.15) is 18.9 Å². The van der Waals surface area contributed by atoms with Crippen LogP contribution in [0.4, 0.5) is 10.1 Å². The summed E-state index contributed by atoms with van der Waals surface area (Å²) >= 11 is 0. The second-order valence-electron chi connectivity index (χ2n) is 3.59. The highest BCUT2D eigenvalue weighted by Crippen LogP contribution is 2.25. The Bertz CT molecular complexity index is 597. The first kappa shape index (κ1) is 12.1. The fourth-order valence-corrected chi connectivity index (χ4v) is 1.32. The van der Waals surface area contributed by atoms with Crippen LogP contribution in [0.25, 0.3) is 11.5 Å². The van der Waals surface area contributed by atoms with Crippen LogP contribution in [0.5, 0.6) is 0 Å². The molecular weight excluding hydrogens is 245 g/mol. The number of non-ortho nitro benzene ring substituents is 1. The van der Waals surface area contributed by atoms with E-state index in [9.17, 15) is 19.6 Å². The maximum absolute atomic E-state index is 13.2. The molecular formula is C10H8FN3O4. The summed E-state index contributed by atoms with van der Waals surface area (Å²) in [5, 5.41) is 23.3. The molecule has 8 heteroatoms. The Kier molecular flexibility index (Phi) is 3.02. The number of nitrogens with zero attached hydrogens (tertiary/aromatic N) is 3. The van der Waals surface area contributed by atoms with Gasteiger partial charge >= 0.3 is 0 Å². The van der Waals surface area contributed by atoms with Gasteiger partial charge in [0.1, 0.15) is 11.9 Å². The van der Waals surface area contributed by atoms with Crippen LogP contribution in [-0.4, -0.2) is 20.2 Å². The summed E-state index contributed by atoms with van der Waals surface area (Å²) in [4.78, 5) is 13.7. The summed E-state index contributed by atoms with van der Waals surface area (Å²) in [5.74, 6) is -0.846. The molecule has 0 aliphatic carbocycles. The molecule has 1 heterocycles. The van der Waals surface area contributed by atoms with Crippen molar-refractivity contribution in [3.63, 3.8) is 0 Å². The molecule has 0 saturated carbocycles. The molecule has 1 N–H and O–H groups in total. The number of aromatic nitrogens is 2. The Morgan fingerprint density at radius 3 is 2.78 bits per heavy atom. The van der Waals surface area contributed by atoms with Gasteiger partial charge < -0.3 is 9.63 Å². The minimum atomic E-state index is -0.939. The Labute approximate surface area is 100 Å². The van der Waals surface area contributed by atoms with Gasteiger partial charge in [-0.15, -0.1) is 0 Å². The van der Waals surface area contributed by atoms with E-state index in [-0.39, 0.29) is 17.3 Å². The van der Waals surface area contributed by atoms with Crippen molar-refractivity contribution in [3.05, 3.63) is 40.0 Å². The highest BCUT2D eigenvalue weighted by Gasteiger charge is 2.17. The third-order valence-corrected chi connectivity index (χ3v) is 2.16. The molecule has 0 aliphatic rings. The molecule has 0 fully saturated rings. The Hall–Kier alpha value is -2.35. The van der Waals surface area contributed by atoms with Crippen LogP contribution < -0.4 is 0 Å². The zero-order chi connectivity index (χ0) is 13.3. The number of nitro groups is 1. The third-order valence-electron chi connectivity index (χ3n) is 2.16. The molecule has 0 spiro atoms. The van der Waals surface area contributed by atoms with Crippen molar-refractivity contribution >= 4 is 5.69 Å². The van der Waals surface area contributed by atoms with Gasteiger partial charge in [-0.3, -0.25) is 10.1 Å². The van der Waals surface area contributed by atoms with Crippen LogP contribution in [0, 0.1) is 15.9 Å². The van der Waals surface area contributed by atoms with Gasteiger partial charge in [-0.05, 0) is 13.0 Å². The van der Waals surface area contributed by atoms with Gasteiger partial charge in [0.05, 0.1) is 11.0 Å². The number of benzene rings is 1. The maximum atomic E-state index is 13.2. The molecule has 7 nitrogen and oxygen atoms in total. The first-order chi connectivity index (χ1) is 8.47. The summed E-state index contributed by atoms with van der Waals surface area (Å²) in [6.07, 6.45) is -0.939. The fraction of sp³-hybridized carbons (Fsp3) is 0.200. The van der Waals surface area contributed by atoms with Crippen molar-refractivity contribution in [2.45, 2.75) is 13.0 Å². The summed E-state index contributed by atoms with van der Waals surface area (Å²) in [7, 11) is 0. The molecule has 18 heavy (non-hydrogen) atoms. The van der Waals surface area contributed by atoms with E-state index in [4.69, 9.17) is 4.52 Å². The normalized spacial score (nSPS) is 12.4. The van der Waals surface area contributed by atoms with Crippen molar-refractivity contribution in [2.75, 3.05) is 0 Å². The van der Waals surface area contributed by atoms with Crippen molar-refractivity contribution in [2.24, 2.45) is 0 Å². The van der Waals surface area contributed by atoms with Gasteiger partial charge in [0.2, 0.25) is 0 Å². The lowest BCUT2D eigenvalue weighted by Crippen LogP contribution is -1.93. The zero-order valence-corrected chi connectivity index (χ0v) is 9.20. The van der Waals surface area contributed by atoms with Gasteiger partial charge in [0.15, 0.2) is 5.82 Å². The van der Waals surface area contributed by atoms with Gasteiger partial charge in [-0.1, -0.05) is 5.16 Å². The summed E-state index contributed by atoms with van der Waals surface area (Å²) < 4.78 is 18.0. The number of aliphatic hydroxyl groups excluding tert-OH is 1. The number of nitro benzene ring substituents is 1. The van der Waals surface area contributed by atoms with Crippen molar-refractivity contribution in [1.82, 2.24) is 10.1 Å². The zero-order valence-electron chi connectivity index (χ0n) is 9.20. The highest BCUT2D eigenvalue weighted by atomic mass is 19.1. The van der Waals surface area contributed by atoms with Gasteiger partial charge in [-0.25, -0.2) is 4.39 Å². The summed E-state index contributed by atoms with van der Waals surface area (Å²) in [6.45, 7) is 1.43. The lowest BCUT2D eigenvalue weighted by atomic mass is 10.2. The van der Waals surface area contributed by atoms with E-state index < -0.39 is 22.5 Å².